The molecule has 1 saturated carbocycles. The number of amides is 1. The molecule has 1 N–H and O–H groups in total. The van der Waals surface area contributed by atoms with Crippen molar-refractivity contribution in [1.29, 1.82) is 0 Å². The number of sulfonamides is 1. The minimum Gasteiger partial charge on any atom is -0.378 e. The van der Waals surface area contributed by atoms with Gasteiger partial charge < -0.3 is 9.64 Å². The number of benzene rings is 1. The van der Waals surface area contributed by atoms with E-state index in [4.69, 9.17) is 4.74 Å². The molecule has 1 aliphatic heterocycles. The Labute approximate surface area is 136 Å². The minimum atomic E-state index is -3.56. The lowest BCUT2D eigenvalue weighted by Crippen LogP contribution is -2.57. The van der Waals surface area contributed by atoms with E-state index in [-0.39, 0.29) is 28.9 Å². The number of nitrogens with one attached hydrogen (secondary N) is 1. The Bertz CT molecular complexity index is 685. The number of hydrogen-bond acceptors (Lipinski definition) is 4. The molecule has 1 aliphatic carbocycles. The van der Waals surface area contributed by atoms with Crippen molar-refractivity contribution in [1.82, 2.24) is 9.62 Å². The second-order valence-corrected chi connectivity index (χ2v) is 8.12. The molecule has 0 aromatic heterocycles. The summed E-state index contributed by atoms with van der Waals surface area (Å²) in [6, 6.07) is 6.00. The van der Waals surface area contributed by atoms with E-state index in [0.29, 0.717) is 5.56 Å². The number of hydrogen-bond donors (Lipinski definition) is 1. The summed E-state index contributed by atoms with van der Waals surface area (Å²) in [5, 5.41) is 0. The molecule has 3 atom stereocenters. The highest BCUT2D eigenvalue weighted by Crippen LogP contribution is 2.38. The maximum Gasteiger partial charge on any atom is 0.253 e. The van der Waals surface area contributed by atoms with Gasteiger partial charge in [0.2, 0.25) is 10.0 Å². The summed E-state index contributed by atoms with van der Waals surface area (Å²) >= 11 is 0. The lowest BCUT2D eigenvalue weighted by atomic mass is 9.73. The van der Waals surface area contributed by atoms with E-state index in [2.05, 4.69) is 4.72 Å². The zero-order valence-electron chi connectivity index (χ0n) is 13.4. The van der Waals surface area contributed by atoms with Gasteiger partial charge in [0.25, 0.3) is 5.91 Å². The fourth-order valence-electron chi connectivity index (χ4n) is 3.23. The molecular formula is C16H22N2O4S. The normalized spacial score (nSPS) is 27.0. The number of ether oxygens (including phenoxy) is 1. The van der Waals surface area contributed by atoms with E-state index in [9.17, 15) is 13.2 Å². The van der Waals surface area contributed by atoms with Gasteiger partial charge >= 0.3 is 0 Å². The van der Waals surface area contributed by atoms with Gasteiger partial charge in [-0.1, -0.05) is 0 Å². The van der Waals surface area contributed by atoms with Gasteiger partial charge in [0.05, 0.1) is 11.0 Å². The molecule has 23 heavy (non-hydrogen) atoms. The summed E-state index contributed by atoms with van der Waals surface area (Å²) in [5.74, 6) is 0.135. The van der Waals surface area contributed by atoms with E-state index in [1.54, 1.807) is 26.2 Å². The molecule has 0 unspecified atom stereocenters. The number of rotatable bonds is 4. The molecule has 2 fully saturated rings. The third kappa shape index (κ3) is 3.27. The van der Waals surface area contributed by atoms with Crippen LogP contribution in [0.25, 0.3) is 0 Å². The molecule has 0 spiro atoms. The summed E-state index contributed by atoms with van der Waals surface area (Å²) in [7, 11) is -0.243. The maximum absolute atomic E-state index is 12.5. The Morgan fingerprint density at radius 2 is 1.96 bits per heavy atom. The molecule has 126 valence electrons. The van der Waals surface area contributed by atoms with Crippen LogP contribution in [0.3, 0.4) is 0 Å². The molecule has 3 rings (SSSR count). The summed E-state index contributed by atoms with van der Waals surface area (Å²) in [6.45, 7) is 0.780. The van der Waals surface area contributed by atoms with Crippen LogP contribution < -0.4 is 4.72 Å². The third-order valence-corrected chi connectivity index (χ3v) is 6.12. The second-order valence-electron chi connectivity index (χ2n) is 6.40. The first kappa shape index (κ1) is 16.4. The van der Waals surface area contributed by atoms with E-state index in [1.807, 2.05) is 0 Å². The van der Waals surface area contributed by atoms with Gasteiger partial charge in [-0.15, -0.1) is 0 Å². The molecule has 0 radical (unpaired) electrons. The van der Waals surface area contributed by atoms with Gasteiger partial charge in [0.1, 0.15) is 0 Å². The highest BCUT2D eigenvalue weighted by atomic mass is 32.2. The van der Waals surface area contributed by atoms with Crippen LogP contribution in [0.5, 0.6) is 0 Å². The Morgan fingerprint density at radius 3 is 2.57 bits per heavy atom. The monoisotopic (exact) mass is 338 g/mol. The quantitative estimate of drug-likeness (QED) is 0.896. The van der Waals surface area contributed by atoms with Crippen LogP contribution in [-0.4, -0.2) is 52.1 Å². The maximum atomic E-state index is 12.5. The van der Waals surface area contributed by atoms with Crippen molar-refractivity contribution in [2.24, 2.45) is 5.92 Å². The van der Waals surface area contributed by atoms with Crippen molar-refractivity contribution in [3.8, 4) is 0 Å². The molecule has 6 nitrogen and oxygen atoms in total. The number of carbonyl (C=O) groups is 1. The standard InChI is InChI=1S/C16H22N2O4S/c1-18(2)16(19)11-5-7-12(8-6-11)23(20,21)17-14-10-15-13(14)4-3-9-22-15/h5-8,13-15,17H,3-4,9-10H2,1-2H3/t13-,14-,15-/m1/s1. The van der Waals surface area contributed by atoms with Crippen LogP contribution in [0, 0.1) is 5.92 Å². The minimum absolute atomic E-state index is 0.0478. The SMILES string of the molecule is CN(C)C(=O)c1ccc(S(=O)(=O)N[C@@H]2C[C@H]3OCCC[C@H]23)cc1. The molecule has 2 aliphatic rings. The summed E-state index contributed by atoms with van der Waals surface area (Å²) < 4.78 is 33.3. The number of carbonyl (C=O) groups excluding carboxylic acids is 1. The molecule has 1 heterocycles. The largest absolute Gasteiger partial charge is 0.378 e. The predicted octanol–water partition coefficient (Wildman–Crippen LogP) is 1.23. The van der Waals surface area contributed by atoms with E-state index in [0.717, 1.165) is 25.9 Å². The van der Waals surface area contributed by atoms with Crippen molar-refractivity contribution >= 4 is 15.9 Å². The first-order valence-electron chi connectivity index (χ1n) is 7.84. The number of fused-ring (bicyclic) bond motifs is 1. The second kappa shape index (κ2) is 6.22. The zero-order chi connectivity index (χ0) is 16.6. The van der Waals surface area contributed by atoms with Crippen molar-refractivity contribution in [2.75, 3.05) is 20.7 Å². The van der Waals surface area contributed by atoms with Crippen molar-refractivity contribution < 1.29 is 17.9 Å². The predicted molar refractivity (Wildman–Crippen MR) is 85.7 cm³/mol. The topological polar surface area (TPSA) is 75.7 Å². The molecule has 0 bridgehead atoms. The van der Waals surface area contributed by atoms with Gasteiger partial charge in [0.15, 0.2) is 0 Å². The highest BCUT2D eigenvalue weighted by Gasteiger charge is 2.45. The van der Waals surface area contributed by atoms with Crippen molar-refractivity contribution in [3.05, 3.63) is 29.8 Å². The first-order chi connectivity index (χ1) is 10.9. The Balaban J connectivity index is 1.69. The van der Waals surface area contributed by atoms with Crippen LogP contribution >= 0.6 is 0 Å². The zero-order valence-corrected chi connectivity index (χ0v) is 14.2. The summed E-state index contributed by atoms with van der Waals surface area (Å²) in [6.07, 6.45) is 2.94. The van der Waals surface area contributed by atoms with Gasteiger partial charge in [-0.3, -0.25) is 4.79 Å². The fraction of sp³-hybridized carbons (Fsp3) is 0.562. The molecule has 1 saturated heterocycles. The average molecular weight is 338 g/mol. The van der Waals surface area contributed by atoms with E-state index >= 15 is 0 Å². The van der Waals surface area contributed by atoms with Crippen LogP contribution in [-0.2, 0) is 14.8 Å². The molecule has 1 amide bonds. The molecular weight excluding hydrogens is 316 g/mol. The average Bonchev–Trinajstić information content (AvgIpc) is 2.52. The summed E-state index contributed by atoms with van der Waals surface area (Å²) in [4.78, 5) is 13.5. The van der Waals surface area contributed by atoms with Crippen molar-refractivity contribution in [3.63, 3.8) is 0 Å². The van der Waals surface area contributed by atoms with Gasteiger partial charge in [-0.25, -0.2) is 13.1 Å². The summed E-state index contributed by atoms with van der Waals surface area (Å²) in [5.41, 5.74) is 0.471. The lowest BCUT2D eigenvalue weighted by Gasteiger charge is -2.47. The van der Waals surface area contributed by atoms with Crippen molar-refractivity contribution in [2.45, 2.75) is 36.3 Å². The Hall–Kier alpha value is -1.44. The lowest BCUT2D eigenvalue weighted by molar-refractivity contribution is -0.0980. The van der Waals surface area contributed by atoms with Crippen LogP contribution in [0.2, 0.25) is 0 Å². The van der Waals surface area contributed by atoms with Crippen LogP contribution in [0.1, 0.15) is 29.6 Å². The van der Waals surface area contributed by atoms with E-state index < -0.39 is 10.0 Å². The van der Waals surface area contributed by atoms with Gasteiger partial charge in [-0.05, 0) is 43.5 Å². The molecule has 1 aromatic carbocycles. The first-order valence-corrected chi connectivity index (χ1v) is 9.32. The van der Waals surface area contributed by atoms with Crippen LogP contribution in [0.4, 0.5) is 0 Å². The highest BCUT2D eigenvalue weighted by molar-refractivity contribution is 7.89. The smallest absolute Gasteiger partial charge is 0.253 e. The number of nitrogens with zero attached hydrogens (tertiary/aromatic N) is 1. The Morgan fingerprint density at radius 1 is 1.26 bits per heavy atom. The van der Waals surface area contributed by atoms with Gasteiger partial charge in [-0.2, -0.15) is 0 Å². The molecule has 1 aromatic rings. The van der Waals surface area contributed by atoms with Gasteiger partial charge in [0, 0.05) is 38.2 Å². The van der Waals surface area contributed by atoms with Crippen LogP contribution in [0.15, 0.2) is 29.2 Å². The molecule has 7 heteroatoms. The Kier molecular flexibility index (Phi) is 4.44. The third-order valence-electron chi connectivity index (χ3n) is 4.62. The van der Waals surface area contributed by atoms with E-state index in [1.165, 1.54) is 17.0 Å². The fourth-order valence-corrected chi connectivity index (χ4v) is 4.53.